The summed E-state index contributed by atoms with van der Waals surface area (Å²) >= 11 is 0. The van der Waals surface area contributed by atoms with E-state index in [1.807, 2.05) is 79.4 Å². The smallest absolute Gasteiger partial charge is 0.228 e. The number of anilines is 2. The van der Waals surface area contributed by atoms with Crippen LogP contribution in [0.1, 0.15) is 56.2 Å². The zero-order valence-corrected chi connectivity index (χ0v) is 20.9. The molecule has 2 aliphatic rings. The maximum Gasteiger partial charge on any atom is 0.228 e. The number of pyridine rings is 1. The highest BCUT2D eigenvalue weighted by molar-refractivity contribution is 6.06. The van der Waals surface area contributed by atoms with Gasteiger partial charge in [-0.15, -0.1) is 0 Å². The Morgan fingerprint density at radius 1 is 1.06 bits per heavy atom. The Bertz CT molecular complexity index is 1300. The van der Waals surface area contributed by atoms with Crippen molar-refractivity contribution in [3.63, 3.8) is 0 Å². The van der Waals surface area contributed by atoms with Crippen molar-refractivity contribution >= 4 is 23.1 Å². The van der Waals surface area contributed by atoms with Gasteiger partial charge in [-0.05, 0) is 59.7 Å². The van der Waals surface area contributed by atoms with Crippen LogP contribution in [0.5, 0.6) is 5.75 Å². The van der Waals surface area contributed by atoms with Crippen molar-refractivity contribution in [1.82, 2.24) is 4.98 Å². The van der Waals surface area contributed by atoms with E-state index in [4.69, 9.17) is 4.74 Å². The maximum absolute atomic E-state index is 13.9. The number of ether oxygens (including phenoxy) is 1. The molecule has 5 rings (SSSR count). The van der Waals surface area contributed by atoms with Gasteiger partial charge in [0.1, 0.15) is 5.75 Å². The minimum Gasteiger partial charge on any atom is -0.497 e. The first-order chi connectivity index (χ1) is 17.5. The Kier molecular flexibility index (Phi) is 6.59. The molecule has 0 fully saturated rings. The van der Waals surface area contributed by atoms with Crippen molar-refractivity contribution in [3.05, 3.63) is 95.5 Å². The molecule has 6 nitrogen and oxygen atoms in total. The lowest BCUT2D eigenvalue weighted by molar-refractivity contribution is -0.119. The van der Waals surface area contributed by atoms with Gasteiger partial charge in [0.05, 0.1) is 24.5 Å². The second-order valence-corrected chi connectivity index (χ2v) is 9.89. The van der Waals surface area contributed by atoms with Crippen molar-refractivity contribution < 1.29 is 14.3 Å². The quantitative estimate of drug-likeness (QED) is 0.481. The van der Waals surface area contributed by atoms with E-state index in [1.54, 1.807) is 19.5 Å². The minimum absolute atomic E-state index is 0.00747. The van der Waals surface area contributed by atoms with E-state index < -0.39 is 6.04 Å². The van der Waals surface area contributed by atoms with Gasteiger partial charge in [0, 0.05) is 36.5 Å². The molecule has 36 heavy (non-hydrogen) atoms. The number of ketones is 1. The van der Waals surface area contributed by atoms with Crippen molar-refractivity contribution in [2.24, 2.45) is 5.92 Å². The third-order valence-electron chi connectivity index (χ3n) is 6.93. The molecule has 0 saturated carbocycles. The number of nitrogens with one attached hydrogen (secondary N) is 1. The molecule has 2 heterocycles. The Balaban J connectivity index is 1.66. The van der Waals surface area contributed by atoms with Crippen LogP contribution in [0.15, 0.2) is 84.3 Å². The van der Waals surface area contributed by atoms with Crippen molar-refractivity contribution in [2.75, 3.05) is 17.3 Å². The van der Waals surface area contributed by atoms with Gasteiger partial charge >= 0.3 is 0 Å². The Labute approximate surface area is 212 Å². The van der Waals surface area contributed by atoms with Crippen LogP contribution in [0.4, 0.5) is 11.4 Å². The third kappa shape index (κ3) is 4.51. The molecule has 6 heteroatoms. The molecule has 1 amide bonds. The lowest BCUT2D eigenvalue weighted by Crippen LogP contribution is -2.39. The lowest BCUT2D eigenvalue weighted by atomic mass is 9.78. The third-order valence-corrected chi connectivity index (χ3v) is 6.93. The zero-order valence-electron chi connectivity index (χ0n) is 20.9. The number of carbonyl (C=O) groups excluding carboxylic acids is 2. The lowest BCUT2D eigenvalue weighted by Gasteiger charge is -2.35. The van der Waals surface area contributed by atoms with Crippen LogP contribution in [0.25, 0.3) is 0 Å². The van der Waals surface area contributed by atoms with Gasteiger partial charge < -0.3 is 10.1 Å². The molecule has 0 saturated heterocycles. The van der Waals surface area contributed by atoms with Crippen LogP contribution in [-0.2, 0) is 9.59 Å². The summed E-state index contributed by atoms with van der Waals surface area (Å²) in [6, 6.07) is 19.0. The molecule has 0 bridgehead atoms. The maximum atomic E-state index is 13.9. The van der Waals surface area contributed by atoms with Gasteiger partial charge in [-0.3, -0.25) is 19.5 Å². The summed E-state index contributed by atoms with van der Waals surface area (Å²) in [7, 11) is 1.65. The van der Waals surface area contributed by atoms with Gasteiger partial charge in [-0.1, -0.05) is 44.2 Å². The number of Topliss-reactive ketones (excluding diaryl/α,β-unsaturated/α-hetero) is 1. The van der Waals surface area contributed by atoms with Gasteiger partial charge in [0.25, 0.3) is 0 Å². The van der Waals surface area contributed by atoms with E-state index in [1.165, 1.54) is 0 Å². The highest BCUT2D eigenvalue weighted by Gasteiger charge is 2.41. The largest absolute Gasteiger partial charge is 0.497 e. The molecule has 1 N–H and O–H groups in total. The van der Waals surface area contributed by atoms with E-state index in [9.17, 15) is 9.59 Å². The summed E-state index contributed by atoms with van der Waals surface area (Å²) < 4.78 is 5.31. The Morgan fingerprint density at radius 2 is 1.83 bits per heavy atom. The molecule has 3 aromatic rings. The molecule has 0 radical (unpaired) electrons. The van der Waals surface area contributed by atoms with E-state index in [2.05, 4.69) is 10.3 Å². The molecule has 1 aromatic heterocycles. The van der Waals surface area contributed by atoms with Crippen LogP contribution >= 0.6 is 0 Å². The highest BCUT2D eigenvalue weighted by atomic mass is 16.5. The van der Waals surface area contributed by atoms with Crippen LogP contribution in [-0.4, -0.2) is 23.8 Å². The second-order valence-electron chi connectivity index (χ2n) is 9.89. The predicted octanol–water partition coefficient (Wildman–Crippen LogP) is 6.04. The van der Waals surface area contributed by atoms with Gasteiger partial charge in [0.15, 0.2) is 5.78 Å². The molecule has 1 aliphatic heterocycles. The highest BCUT2D eigenvalue weighted by Crippen LogP contribution is 2.47. The number of aromatic nitrogens is 1. The molecule has 184 valence electrons. The number of benzene rings is 2. The van der Waals surface area contributed by atoms with E-state index in [0.29, 0.717) is 24.8 Å². The predicted molar refractivity (Wildman–Crippen MR) is 141 cm³/mol. The molecule has 2 atom stereocenters. The normalized spacial score (nSPS) is 19.3. The number of rotatable bonds is 5. The number of para-hydroxylation sites is 2. The summed E-state index contributed by atoms with van der Waals surface area (Å²) in [5.74, 6) is 1.05. The SMILES string of the molecule is COc1ccc([C@H]2CC(=O)C3=C(C2)Nc2ccccc2N(C(=O)CC(C)C)[C@@H]3c2cccnc2)cc1. The monoisotopic (exact) mass is 481 g/mol. The number of allylic oxidation sites excluding steroid dienone is 1. The standard InChI is InChI=1S/C30H31N3O3/c1-19(2)15-28(35)33-26-9-5-4-8-24(26)32-25-16-22(20-10-12-23(36-3)13-11-20)17-27(34)29(25)30(33)21-7-6-14-31-18-21/h4-14,18-19,22,30,32H,15-17H2,1-3H3/t22-,30-/m1/s1. The number of methoxy groups -OCH3 is 1. The number of nitrogens with zero attached hydrogens (tertiary/aromatic N) is 2. The summed E-state index contributed by atoms with van der Waals surface area (Å²) in [6.45, 7) is 4.07. The fourth-order valence-electron chi connectivity index (χ4n) is 5.28. The van der Waals surface area contributed by atoms with E-state index in [0.717, 1.165) is 33.9 Å². The molecular weight excluding hydrogens is 450 g/mol. The van der Waals surface area contributed by atoms with Crippen LogP contribution < -0.4 is 15.0 Å². The Morgan fingerprint density at radius 3 is 2.53 bits per heavy atom. The number of hydrogen-bond donors (Lipinski definition) is 1. The topological polar surface area (TPSA) is 71.5 Å². The van der Waals surface area contributed by atoms with Crippen LogP contribution in [0.3, 0.4) is 0 Å². The van der Waals surface area contributed by atoms with Crippen LogP contribution in [0.2, 0.25) is 0 Å². The van der Waals surface area contributed by atoms with Crippen molar-refractivity contribution in [3.8, 4) is 5.75 Å². The molecule has 2 aromatic carbocycles. The van der Waals surface area contributed by atoms with Gasteiger partial charge in [-0.2, -0.15) is 0 Å². The summed E-state index contributed by atoms with van der Waals surface area (Å²) in [5, 5.41) is 3.57. The van der Waals surface area contributed by atoms with Crippen molar-refractivity contribution in [2.45, 2.75) is 45.1 Å². The number of amides is 1. The van der Waals surface area contributed by atoms with Crippen LogP contribution in [0, 0.1) is 5.92 Å². The first kappa shape index (κ1) is 23.8. The fraction of sp³-hybridized carbons (Fsp3) is 0.300. The fourth-order valence-corrected chi connectivity index (χ4v) is 5.28. The number of fused-ring (bicyclic) bond motifs is 1. The summed E-state index contributed by atoms with van der Waals surface area (Å²) in [4.78, 5) is 33.9. The van der Waals surface area contributed by atoms with Gasteiger partial charge in [-0.25, -0.2) is 0 Å². The number of hydrogen-bond acceptors (Lipinski definition) is 5. The summed E-state index contributed by atoms with van der Waals surface area (Å²) in [5.41, 5.74) is 5.06. The van der Waals surface area contributed by atoms with E-state index >= 15 is 0 Å². The second kappa shape index (κ2) is 9.97. The molecule has 1 aliphatic carbocycles. The minimum atomic E-state index is -0.541. The van der Waals surface area contributed by atoms with E-state index in [-0.39, 0.29) is 23.5 Å². The van der Waals surface area contributed by atoms with Gasteiger partial charge in [0.2, 0.25) is 5.91 Å². The Hall–Kier alpha value is -3.93. The zero-order chi connectivity index (χ0) is 25.2. The average Bonchev–Trinajstić information content (AvgIpc) is 3.03. The molecule has 0 spiro atoms. The first-order valence-corrected chi connectivity index (χ1v) is 12.4. The molecular formula is C30H31N3O3. The van der Waals surface area contributed by atoms with Crippen molar-refractivity contribution in [1.29, 1.82) is 0 Å². The summed E-state index contributed by atoms with van der Waals surface area (Å²) in [6.07, 6.45) is 4.92. The first-order valence-electron chi connectivity index (χ1n) is 12.4. The molecule has 0 unspecified atom stereocenters. The number of carbonyl (C=O) groups is 2. The average molecular weight is 482 g/mol.